The number of hydrogen-bond donors (Lipinski definition) is 2. The van der Waals surface area contributed by atoms with Crippen LogP contribution in [-0.4, -0.2) is 16.9 Å². The maximum Gasteiger partial charge on any atom is 0.251 e. The molecule has 2 rings (SSSR count). The zero-order valence-corrected chi connectivity index (χ0v) is 10.4. The number of amides is 1. The van der Waals surface area contributed by atoms with E-state index in [1.807, 2.05) is 13.0 Å². The van der Waals surface area contributed by atoms with Gasteiger partial charge in [0, 0.05) is 17.3 Å². The van der Waals surface area contributed by atoms with Crippen LogP contribution in [0.1, 0.15) is 42.7 Å². The zero-order valence-electron chi connectivity index (χ0n) is 10.4. The molecule has 0 radical (unpaired) electrons. The van der Waals surface area contributed by atoms with Crippen molar-refractivity contribution in [1.82, 2.24) is 10.3 Å². The molecule has 1 fully saturated rings. The minimum absolute atomic E-state index is 0.0480. The van der Waals surface area contributed by atoms with Crippen LogP contribution in [0.15, 0.2) is 12.1 Å². The van der Waals surface area contributed by atoms with Crippen molar-refractivity contribution in [2.45, 2.75) is 39.2 Å². The van der Waals surface area contributed by atoms with Crippen molar-refractivity contribution < 1.29 is 4.79 Å². The number of pyridine rings is 1. The van der Waals surface area contributed by atoms with Crippen LogP contribution in [-0.2, 0) is 6.42 Å². The van der Waals surface area contributed by atoms with Crippen LogP contribution in [0.2, 0.25) is 0 Å². The van der Waals surface area contributed by atoms with Gasteiger partial charge >= 0.3 is 0 Å². The molecule has 1 amide bonds. The third-order valence-electron chi connectivity index (χ3n) is 3.21. The summed E-state index contributed by atoms with van der Waals surface area (Å²) in [6, 6.07) is 3.70. The van der Waals surface area contributed by atoms with E-state index in [2.05, 4.69) is 17.2 Å². The molecule has 0 aliphatic heterocycles. The Kier molecular flexibility index (Phi) is 3.31. The molecule has 1 aromatic rings. The molecule has 0 saturated heterocycles. The zero-order chi connectivity index (χ0) is 12.4. The number of carbonyl (C=O) groups is 1. The number of aromatic nitrogens is 1. The number of carbonyl (C=O) groups excluding carboxylic acids is 1. The Hall–Kier alpha value is -1.58. The maximum atomic E-state index is 12.0. The molecule has 1 unspecified atom stereocenters. The Morgan fingerprint density at radius 3 is 2.88 bits per heavy atom. The summed E-state index contributed by atoms with van der Waals surface area (Å²) in [6.45, 7) is 4.05. The molecule has 0 spiro atoms. The lowest BCUT2D eigenvalue weighted by Crippen LogP contribution is -2.34. The van der Waals surface area contributed by atoms with Gasteiger partial charge in [0.1, 0.15) is 5.82 Å². The van der Waals surface area contributed by atoms with Gasteiger partial charge in [0.15, 0.2) is 0 Å². The Bertz CT molecular complexity index is 427. The standard InChI is InChI=1S/C13H19N3O/c1-3-11-6-10(7-12(14)16-11)13(17)15-8(2)9-4-5-9/h6-9H,3-5H2,1-2H3,(H2,14,16)(H,15,17). The smallest absolute Gasteiger partial charge is 0.251 e. The van der Waals surface area contributed by atoms with Crippen molar-refractivity contribution in [2.24, 2.45) is 5.92 Å². The summed E-state index contributed by atoms with van der Waals surface area (Å²) < 4.78 is 0. The first-order chi connectivity index (χ1) is 8.10. The summed E-state index contributed by atoms with van der Waals surface area (Å²) in [5.74, 6) is 1.02. The molecule has 1 heterocycles. The van der Waals surface area contributed by atoms with E-state index in [0.29, 0.717) is 17.3 Å². The summed E-state index contributed by atoms with van der Waals surface area (Å²) in [5.41, 5.74) is 7.15. The number of nitrogens with zero attached hydrogens (tertiary/aromatic N) is 1. The van der Waals surface area contributed by atoms with E-state index >= 15 is 0 Å². The second-order valence-electron chi connectivity index (χ2n) is 4.73. The van der Waals surface area contributed by atoms with Gasteiger partial charge < -0.3 is 11.1 Å². The van der Waals surface area contributed by atoms with Crippen LogP contribution in [0.5, 0.6) is 0 Å². The van der Waals surface area contributed by atoms with Crippen LogP contribution < -0.4 is 11.1 Å². The summed E-state index contributed by atoms with van der Waals surface area (Å²) in [5, 5.41) is 3.01. The largest absolute Gasteiger partial charge is 0.384 e. The van der Waals surface area contributed by atoms with E-state index in [-0.39, 0.29) is 11.9 Å². The first-order valence-electron chi connectivity index (χ1n) is 6.17. The van der Waals surface area contributed by atoms with E-state index in [0.717, 1.165) is 12.1 Å². The molecule has 1 aromatic heterocycles. The number of hydrogen-bond acceptors (Lipinski definition) is 3. The van der Waals surface area contributed by atoms with E-state index in [1.54, 1.807) is 6.07 Å². The fraction of sp³-hybridized carbons (Fsp3) is 0.538. The Labute approximate surface area is 102 Å². The molecule has 4 heteroatoms. The molecule has 0 bridgehead atoms. The summed E-state index contributed by atoms with van der Waals surface area (Å²) in [6.07, 6.45) is 3.23. The van der Waals surface area contributed by atoms with Gasteiger partial charge in [-0.3, -0.25) is 4.79 Å². The highest BCUT2D eigenvalue weighted by molar-refractivity contribution is 5.95. The normalized spacial score (nSPS) is 16.6. The van der Waals surface area contributed by atoms with Crippen LogP contribution in [0.4, 0.5) is 5.82 Å². The molecule has 3 N–H and O–H groups in total. The van der Waals surface area contributed by atoms with Crippen molar-refractivity contribution in [2.75, 3.05) is 5.73 Å². The van der Waals surface area contributed by atoms with Crippen molar-refractivity contribution in [1.29, 1.82) is 0 Å². The summed E-state index contributed by atoms with van der Waals surface area (Å²) >= 11 is 0. The molecule has 17 heavy (non-hydrogen) atoms. The van der Waals surface area contributed by atoms with E-state index in [1.165, 1.54) is 12.8 Å². The third-order valence-corrected chi connectivity index (χ3v) is 3.21. The minimum atomic E-state index is -0.0480. The predicted molar refractivity (Wildman–Crippen MR) is 67.7 cm³/mol. The second-order valence-corrected chi connectivity index (χ2v) is 4.73. The first-order valence-corrected chi connectivity index (χ1v) is 6.17. The lowest BCUT2D eigenvalue weighted by molar-refractivity contribution is 0.0935. The molecule has 1 aliphatic carbocycles. The Morgan fingerprint density at radius 1 is 1.59 bits per heavy atom. The highest BCUT2D eigenvalue weighted by Crippen LogP contribution is 2.32. The van der Waals surface area contributed by atoms with Gasteiger partial charge in [-0.25, -0.2) is 4.98 Å². The first kappa shape index (κ1) is 11.9. The molecule has 92 valence electrons. The SMILES string of the molecule is CCc1cc(C(=O)NC(C)C2CC2)cc(N)n1. The van der Waals surface area contributed by atoms with E-state index in [9.17, 15) is 4.79 Å². The quantitative estimate of drug-likeness (QED) is 0.832. The number of anilines is 1. The average Bonchev–Trinajstić information content (AvgIpc) is 3.11. The molecule has 1 aliphatic rings. The van der Waals surface area contributed by atoms with Crippen molar-refractivity contribution in [3.8, 4) is 0 Å². The topological polar surface area (TPSA) is 68.0 Å². The number of rotatable bonds is 4. The second kappa shape index (κ2) is 4.73. The van der Waals surface area contributed by atoms with Gasteiger partial charge in [-0.15, -0.1) is 0 Å². The number of nitrogens with one attached hydrogen (secondary N) is 1. The molecular formula is C13H19N3O. The molecular weight excluding hydrogens is 214 g/mol. The van der Waals surface area contributed by atoms with Gasteiger partial charge in [0.2, 0.25) is 0 Å². The summed E-state index contributed by atoms with van der Waals surface area (Å²) in [4.78, 5) is 16.2. The molecule has 1 saturated carbocycles. The molecule has 1 atom stereocenters. The van der Waals surface area contributed by atoms with Crippen molar-refractivity contribution in [3.05, 3.63) is 23.4 Å². The van der Waals surface area contributed by atoms with Gasteiger partial charge in [0.25, 0.3) is 5.91 Å². The van der Waals surface area contributed by atoms with Crippen LogP contribution >= 0.6 is 0 Å². The number of nitrogens with two attached hydrogens (primary N) is 1. The van der Waals surface area contributed by atoms with E-state index in [4.69, 9.17) is 5.73 Å². The van der Waals surface area contributed by atoms with Crippen LogP contribution in [0, 0.1) is 5.92 Å². The monoisotopic (exact) mass is 233 g/mol. The van der Waals surface area contributed by atoms with Gasteiger partial charge in [-0.05, 0) is 44.2 Å². The number of aryl methyl sites for hydroxylation is 1. The van der Waals surface area contributed by atoms with Gasteiger partial charge in [-0.1, -0.05) is 6.92 Å². The molecule has 4 nitrogen and oxygen atoms in total. The fourth-order valence-corrected chi connectivity index (χ4v) is 1.93. The fourth-order valence-electron chi connectivity index (χ4n) is 1.93. The highest BCUT2D eigenvalue weighted by atomic mass is 16.1. The molecule has 0 aromatic carbocycles. The Balaban J connectivity index is 2.09. The van der Waals surface area contributed by atoms with Gasteiger partial charge in [-0.2, -0.15) is 0 Å². The maximum absolute atomic E-state index is 12.0. The van der Waals surface area contributed by atoms with Crippen LogP contribution in [0.25, 0.3) is 0 Å². The highest BCUT2D eigenvalue weighted by Gasteiger charge is 2.29. The van der Waals surface area contributed by atoms with Crippen LogP contribution in [0.3, 0.4) is 0 Å². The predicted octanol–water partition coefficient (Wildman–Crippen LogP) is 1.75. The lowest BCUT2D eigenvalue weighted by Gasteiger charge is -2.13. The average molecular weight is 233 g/mol. The summed E-state index contributed by atoms with van der Waals surface area (Å²) in [7, 11) is 0. The van der Waals surface area contributed by atoms with Gasteiger partial charge in [0.05, 0.1) is 0 Å². The third kappa shape index (κ3) is 2.96. The lowest BCUT2D eigenvalue weighted by atomic mass is 10.1. The van der Waals surface area contributed by atoms with Crippen molar-refractivity contribution >= 4 is 11.7 Å². The van der Waals surface area contributed by atoms with E-state index < -0.39 is 0 Å². The minimum Gasteiger partial charge on any atom is -0.384 e. The number of nitrogen functional groups attached to an aromatic ring is 1. The van der Waals surface area contributed by atoms with Crippen molar-refractivity contribution in [3.63, 3.8) is 0 Å². The Morgan fingerprint density at radius 2 is 2.29 bits per heavy atom.